The van der Waals surface area contributed by atoms with Gasteiger partial charge in [0, 0.05) is 22.2 Å². The van der Waals surface area contributed by atoms with Crippen LogP contribution in [0.3, 0.4) is 0 Å². The fraction of sp³-hybridized carbons (Fsp3) is 0.143. The molecule has 140 valence electrons. The normalized spacial score (nSPS) is 13.2. The summed E-state index contributed by atoms with van der Waals surface area (Å²) in [6.07, 6.45) is -0.246. The Kier molecular flexibility index (Phi) is 6.91. The Morgan fingerprint density at radius 1 is 0.704 bits per heavy atom. The van der Waals surface area contributed by atoms with Crippen LogP contribution in [0.5, 0.6) is 0 Å². The lowest BCUT2D eigenvalue weighted by Gasteiger charge is -2.24. The highest BCUT2D eigenvalue weighted by Crippen LogP contribution is 2.33. The predicted octanol–water partition coefficient (Wildman–Crippen LogP) is 7.58. The van der Waals surface area contributed by atoms with Crippen LogP contribution in [0.1, 0.15) is 29.7 Å². The van der Waals surface area contributed by atoms with Gasteiger partial charge >= 0.3 is 0 Å². The zero-order valence-corrected chi connectivity index (χ0v) is 17.2. The third kappa shape index (κ3) is 5.54. The van der Waals surface area contributed by atoms with Crippen molar-refractivity contribution in [1.29, 1.82) is 0 Å². The van der Waals surface area contributed by atoms with Crippen molar-refractivity contribution in [3.63, 3.8) is 0 Å². The molecule has 0 saturated heterocycles. The van der Waals surface area contributed by atoms with Crippen molar-refractivity contribution in [2.45, 2.75) is 18.6 Å². The first kappa shape index (κ1) is 20.3. The van der Waals surface area contributed by atoms with Gasteiger partial charge in [0.15, 0.2) is 0 Å². The lowest BCUT2D eigenvalue weighted by atomic mass is 9.96. The number of aliphatic hydroxyl groups excluding tert-OH is 1. The second-order valence-corrected chi connectivity index (χ2v) is 7.87. The van der Waals surface area contributed by atoms with Crippen molar-refractivity contribution in [2.24, 2.45) is 0 Å². The Balaban J connectivity index is 1.87. The van der Waals surface area contributed by atoms with Crippen molar-refractivity contribution in [3.05, 3.63) is 97.9 Å². The zero-order valence-electron chi connectivity index (χ0n) is 14.2. The van der Waals surface area contributed by atoms with Crippen molar-refractivity contribution >= 4 is 52.1 Å². The van der Waals surface area contributed by atoms with Crippen molar-refractivity contribution in [3.8, 4) is 0 Å². The van der Waals surface area contributed by atoms with Crippen molar-refractivity contribution in [2.75, 3.05) is 5.32 Å². The van der Waals surface area contributed by atoms with Crippen LogP contribution in [0.4, 0.5) is 5.69 Å². The van der Waals surface area contributed by atoms with Gasteiger partial charge in [0.25, 0.3) is 0 Å². The van der Waals surface area contributed by atoms with Crippen molar-refractivity contribution < 1.29 is 5.11 Å². The number of rotatable bonds is 6. The standard InChI is InChI=1S/C21H17Cl4NO/c22-15-4-1-13(2-5-15)21(27)12-20(14-3-10-18(24)19(25)11-14)26-17-8-6-16(23)7-9-17/h1-11,20-21,26-27H,12H2. The predicted molar refractivity (Wildman–Crippen MR) is 115 cm³/mol. The van der Waals surface area contributed by atoms with Gasteiger partial charge in [-0.2, -0.15) is 0 Å². The van der Waals surface area contributed by atoms with Crippen LogP contribution in [-0.2, 0) is 0 Å². The van der Waals surface area contributed by atoms with Crippen LogP contribution < -0.4 is 5.32 Å². The van der Waals surface area contributed by atoms with Crippen LogP contribution in [0.25, 0.3) is 0 Å². The second kappa shape index (κ2) is 9.18. The molecule has 3 rings (SSSR count). The summed E-state index contributed by atoms with van der Waals surface area (Å²) in [6.45, 7) is 0. The van der Waals surface area contributed by atoms with Crippen LogP contribution in [0, 0.1) is 0 Å². The Bertz CT molecular complexity index is 897. The van der Waals surface area contributed by atoms with E-state index in [1.807, 2.05) is 48.5 Å². The topological polar surface area (TPSA) is 32.3 Å². The first-order valence-corrected chi connectivity index (χ1v) is 9.84. The number of aliphatic hydroxyl groups is 1. The molecule has 2 unspecified atom stereocenters. The molecule has 3 aromatic rings. The third-order valence-corrected chi connectivity index (χ3v) is 5.49. The molecule has 3 aromatic carbocycles. The van der Waals surface area contributed by atoms with E-state index >= 15 is 0 Å². The molecule has 0 aliphatic heterocycles. The summed E-state index contributed by atoms with van der Waals surface area (Å²) in [4.78, 5) is 0. The molecule has 0 radical (unpaired) electrons. The van der Waals surface area contributed by atoms with E-state index in [0.29, 0.717) is 26.5 Å². The molecule has 0 fully saturated rings. The van der Waals surface area contributed by atoms with E-state index in [0.717, 1.165) is 16.8 Å². The Morgan fingerprint density at radius 2 is 1.26 bits per heavy atom. The van der Waals surface area contributed by atoms with Crippen LogP contribution in [0.15, 0.2) is 66.7 Å². The number of hydrogen-bond acceptors (Lipinski definition) is 2. The molecule has 2 N–H and O–H groups in total. The molecule has 2 nitrogen and oxygen atoms in total. The molecule has 0 saturated carbocycles. The summed E-state index contributed by atoms with van der Waals surface area (Å²) in [5.74, 6) is 0. The minimum absolute atomic E-state index is 0.188. The Hall–Kier alpha value is -1.42. The fourth-order valence-corrected chi connectivity index (χ4v) is 3.36. The maximum atomic E-state index is 10.7. The maximum absolute atomic E-state index is 10.7. The number of hydrogen-bond donors (Lipinski definition) is 2. The Morgan fingerprint density at radius 3 is 1.85 bits per heavy atom. The number of anilines is 1. The Labute approximate surface area is 178 Å². The van der Waals surface area contributed by atoms with E-state index in [9.17, 15) is 5.11 Å². The van der Waals surface area contributed by atoms with E-state index in [-0.39, 0.29) is 6.04 Å². The molecule has 0 amide bonds. The van der Waals surface area contributed by atoms with Crippen LogP contribution >= 0.6 is 46.4 Å². The smallest absolute Gasteiger partial charge is 0.0813 e. The number of nitrogens with one attached hydrogen (secondary N) is 1. The summed E-state index contributed by atoms with van der Waals surface area (Å²) in [5, 5.41) is 16.4. The SMILES string of the molecule is OC(CC(Nc1ccc(Cl)cc1)c1ccc(Cl)c(Cl)c1)c1ccc(Cl)cc1. The van der Waals surface area contributed by atoms with Crippen molar-refractivity contribution in [1.82, 2.24) is 0 Å². The van der Waals surface area contributed by atoms with E-state index in [2.05, 4.69) is 5.32 Å². The van der Waals surface area contributed by atoms with Crippen LogP contribution in [0.2, 0.25) is 20.1 Å². The summed E-state index contributed by atoms with van der Waals surface area (Å²) < 4.78 is 0. The highest BCUT2D eigenvalue weighted by molar-refractivity contribution is 6.42. The molecule has 0 aromatic heterocycles. The average Bonchev–Trinajstić information content (AvgIpc) is 2.65. The van der Waals surface area contributed by atoms with Gasteiger partial charge in [-0.3, -0.25) is 0 Å². The minimum atomic E-state index is -0.679. The quantitative estimate of drug-likeness (QED) is 0.414. The average molecular weight is 441 g/mol. The monoisotopic (exact) mass is 439 g/mol. The molecule has 0 heterocycles. The molecule has 0 spiro atoms. The van der Waals surface area contributed by atoms with Gasteiger partial charge in [-0.15, -0.1) is 0 Å². The molecule has 2 atom stereocenters. The molecular formula is C21H17Cl4NO. The fourth-order valence-electron chi connectivity index (χ4n) is 2.80. The first-order valence-electron chi connectivity index (χ1n) is 8.33. The van der Waals surface area contributed by atoms with Gasteiger partial charge in [-0.25, -0.2) is 0 Å². The van der Waals surface area contributed by atoms with Gasteiger partial charge in [-0.1, -0.05) is 64.6 Å². The van der Waals surface area contributed by atoms with E-state index < -0.39 is 6.10 Å². The maximum Gasteiger partial charge on any atom is 0.0813 e. The largest absolute Gasteiger partial charge is 0.388 e. The van der Waals surface area contributed by atoms with Gasteiger partial charge in [0.1, 0.15) is 0 Å². The van der Waals surface area contributed by atoms with E-state index in [1.54, 1.807) is 18.2 Å². The molecular weight excluding hydrogens is 424 g/mol. The molecule has 6 heteroatoms. The molecule has 0 aliphatic carbocycles. The van der Waals surface area contributed by atoms with Crippen LogP contribution in [-0.4, -0.2) is 5.11 Å². The van der Waals surface area contributed by atoms with Gasteiger partial charge in [-0.05, 0) is 59.7 Å². The second-order valence-electron chi connectivity index (χ2n) is 6.18. The highest BCUT2D eigenvalue weighted by Gasteiger charge is 2.19. The molecule has 0 aliphatic rings. The first-order chi connectivity index (χ1) is 12.9. The third-order valence-electron chi connectivity index (χ3n) is 4.24. The van der Waals surface area contributed by atoms with Gasteiger partial charge in [0.2, 0.25) is 0 Å². The summed E-state index contributed by atoms with van der Waals surface area (Å²) in [7, 11) is 0. The lowest BCUT2D eigenvalue weighted by Crippen LogP contribution is -2.15. The molecule has 27 heavy (non-hydrogen) atoms. The minimum Gasteiger partial charge on any atom is -0.388 e. The highest BCUT2D eigenvalue weighted by atomic mass is 35.5. The lowest BCUT2D eigenvalue weighted by molar-refractivity contribution is 0.160. The zero-order chi connectivity index (χ0) is 19.4. The van der Waals surface area contributed by atoms with E-state index in [1.165, 1.54) is 0 Å². The summed E-state index contributed by atoms with van der Waals surface area (Å²) in [6, 6.07) is 19.9. The number of benzene rings is 3. The van der Waals surface area contributed by atoms with Gasteiger partial charge < -0.3 is 10.4 Å². The van der Waals surface area contributed by atoms with Gasteiger partial charge in [0.05, 0.1) is 22.2 Å². The molecule has 0 bridgehead atoms. The summed E-state index contributed by atoms with van der Waals surface area (Å²) in [5.41, 5.74) is 2.61. The van der Waals surface area contributed by atoms with E-state index in [4.69, 9.17) is 46.4 Å². The summed E-state index contributed by atoms with van der Waals surface area (Å²) >= 11 is 24.2. The number of halogens is 4.